The van der Waals surface area contributed by atoms with E-state index >= 15 is 0 Å². The van der Waals surface area contributed by atoms with E-state index in [1.165, 1.54) is 14.2 Å². The standard InChI is InChI=1S/C22H27N3O4S/c1-14-5-6-17(23-13-14)21(26)24-18-11-15(12-19(28-3)20(18)29-4)22(27)25(2)16-7-9-30-10-8-16/h5-6,11-13,16H,7-10H2,1-4H3,(H,24,26). The molecule has 7 nitrogen and oxygen atoms in total. The van der Waals surface area contributed by atoms with Crippen LogP contribution in [0.2, 0.25) is 0 Å². The molecular weight excluding hydrogens is 402 g/mol. The third-order valence-electron chi connectivity index (χ3n) is 5.18. The summed E-state index contributed by atoms with van der Waals surface area (Å²) in [5, 5.41) is 2.81. The van der Waals surface area contributed by atoms with Crippen molar-refractivity contribution in [2.45, 2.75) is 25.8 Å². The van der Waals surface area contributed by atoms with Gasteiger partial charge in [0.25, 0.3) is 11.8 Å². The maximum atomic E-state index is 13.2. The SMILES string of the molecule is COc1cc(C(=O)N(C)C2CCSCC2)cc(NC(=O)c2ccc(C)cn2)c1OC. The maximum absolute atomic E-state index is 13.2. The molecule has 8 heteroatoms. The number of aromatic nitrogens is 1. The Kier molecular flexibility index (Phi) is 7.20. The van der Waals surface area contributed by atoms with Crippen molar-refractivity contribution in [2.75, 3.05) is 38.1 Å². The first-order valence-electron chi connectivity index (χ1n) is 9.79. The topological polar surface area (TPSA) is 80.8 Å². The predicted molar refractivity (Wildman–Crippen MR) is 119 cm³/mol. The molecule has 0 saturated carbocycles. The first kappa shape index (κ1) is 22.0. The summed E-state index contributed by atoms with van der Waals surface area (Å²) in [6.07, 6.45) is 3.58. The second kappa shape index (κ2) is 9.84. The second-order valence-corrected chi connectivity index (χ2v) is 8.42. The number of ether oxygens (including phenoxy) is 2. The van der Waals surface area contributed by atoms with Crippen LogP contribution in [0.3, 0.4) is 0 Å². The third kappa shape index (κ3) is 4.87. The van der Waals surface area contributed by atoms with Gasteiger partial charge in [0, 0.05) is 24.8 Å². The Morgan fingerprint density at radius 1 is 1.17 bits per heavy atom. The highest BCUT2D eigenvalue weighted by atomic mass is 32.2. The van der Waals surface area contributed by atoms with Crippen LogP contribution < -0.4 is 14.8 Å². The van der Waals surface area contributed by atoms with Crippen molar-refractivity contribution in [1.29, 1.82) is 0 Å². The molecule has 0 bridgehead atoms. The molecular formula is C22H27N3O4S. The van der Waals surface area contributed by atoms with Crippen LogP contribution >= 0.6 is 11.8 Å². The van der Waals surface area contributed by atoms with Crippen LogP contribution in [0.5, 0.6) is 11.5 Å². The number of carbonyl (C=O) groups excluding carboxylic acids is 2. The van der Waals surface area contributed by atoms with Gasteiger partial charge in [-0.05, 0) is 55.0 Å². The third-order valence-corrected chi connectivity index (χ3v) is 6.23. The van der Waals surface area contributed by atoms with Crippen molar-refractivity contribution in [2.24, 2.45) is 0 Å². The van der Waals surface area contributed by atoms with Crippen LogP contribution in [0, 0.1) is 6.92 Å². The highest BCUT2D eigenvalue weighted by molar-refractivity contribution is 7.99. The van der Waals surface area contributed by atoms with Gasteiger partial charge in [-0.3, -0.25) is 14.6 Å². The zero-order chi connectivity index (χ0) is 21.7. The maximum Gasteiger partial charge on any atom is 0.274 e. The summed E-state index contributed by atoms with van der Waals surface area (Å²) in [6, 6.07) is 6.95. The number of carbonyl (C=O) groups is 2. The fourth-order valence-electron chi connectivity index (χ4n) is 3.41. The minimum Gasteiger partial charge on any atom is -0.493 e. The van der Waals surface area contributed by atoms with E-state index in [4.69, 9.17) is 9.47 Å². The van der Waals surface area contributed by atoms with Crippen LogP contribution in [-0.4, -0.2) is 60.5 Å². The summed E-state index contributed by atoms with van der Waals surface area (Å²) in [4.78, 5) is 31.8. The number of hydrogen-bond acceptors (Lipinski definition) is 6. The molecule has 0 spiro atoms. The average Bonchev–Trinajstić information content (AvgIpc) is 2.78. The van der Waals surface area contributed by atoms with Crippen molar-refractivity contribution in [1.82, 2.24) is 9.88 Å². The number of methoxy groups -OCH3 is 2. The van der Waals surface area contributed by atoms with E-state index in [-0.39, 0.29) is 17.6 Å². The Morgan fingerprint density at radius 3 is 2.50 bits per heavy atom. The van der Waals surface area contributed by atoms with Crippen LogP contribution in [0.1, 0.15) is 39.3 Å². The summed E-state index contributed by atoms with van der Waals surface area (Å²) in [5.74, 6) is 2.33. The molecule has 1 saturated heterocycles. The molecule has 2 aromatic rings. The Hall–Kier alpha value is -2.74. The minimum atomic E-state index is -0.391. The van der Waals surface area contributed by atoms with Gasteiger partial charge in [-0.25, -0.2) is 0 Å². The van der Waals surface area contributed by atoms with Gasteiger partial charge in [-0.2, -0.15) is 11.8 Å². The fraction of sp³-hybridized carbons (Fsp3) is 0.409. The van der Waals surface area contributed by atoms with Crippen LogP contribution in [0.15, 0.2) is 30.5 Å². The molecule has 2 heterocycles. The van der Waals surface area contributed by atoms with E-state index in [0.29, 0.717) is 22.7 Å². The lowest BCUT2D eigenvalue weighted by atomic mass is 10.1. The number of thioether (sulfide) groups is 1. The van der Waals surface area contributed by atoms with Crippen LogP contribution in [-0.2, 0) is 0 Å². The monoisotopic (exact) mass is 429 g/mol. The summed E-state index contributed by atoms with van der Waals surface area (Å²) in [6.45, 7) is 1.90. The quantitative estimate of drug-likeness (QED) is 0.755. The molecule has 160 valence electrons. The van der Waals surface area contributed by atoms with Gasteiger partial charge in [0.1, 0.15) is 5.69 Å². The largest absolute Gasteiger partial charge is 0.493 e. The number of nitrogens with zero attached hydrogens (tertiary/aromatic N) is 2. The van der Waals surface area contributed by atoms with Gasteiger partial charge in [0.05, 0.1) is 19.9 Å². The molecule has 0 unspecified atom stereocenters. The fourth-order valence-corrected chi connectivity index (χ4v) is 4.49. The highest BCUT2D eigenvalue weighted by Gasteiger charge is 2.25. The van der Waals surface area contributed by atoms with E-state index in [1.807, 2.05) is 31.8 Å². The molecule has 1 N–H and O–H groups in total. The Labute approximate surface area is 181 Å². The van der Waals surface area contributed by atoms with E-state index in [2.05, 4.69) is 10.3 Å². The lowest BCUT2D eigenvalue weighted by Crippen LogP contribution is -2.39. The number of anilines is 1. The Balaban J connectivity index is 1.90. The molecule has 1 aromatic heterocycles. The highest BCUT2D eigenvalue weighted by Crippen LogP contribution is 2.37. The van der Waals surface area contributed by atoms with Crippen molar-refractivity contribution < 1.29 is 19.1 Å². The summed E-state index contributed by atoms with van der Waals surface area (Å²) in [7, 11) is 4.82. The Morgan fingerprint density at radius 2 is 1.90 bits per heavy atom. The van der Waals surface area contributed by atoms with Gasteiger partial charge < -0.3 is 19.7 Å². The first-order valence-corrected chi connectivity index (χ1v) is 10.9. The summed E-state index contributed by atoms with van der Waals surface area (Å²) < 4.78 is 10.9. The first-order chi connectivity index (χ1) is 14.4. The number of amides is 2. The number of rotatable bonds is 6. The normalized spacial score (nSPS) is 14.1. The van der Waals surface area contributed by atoms with E-state index in [1.54, 1.807) is 29.3 Å². The lowest BCUT2D eigenvalue weighted by Gasteiger charge is -2.31. The van der Waals surface area contributed by atoms with Crippen LogP contribution in [0.4, 0.5) is 5.69 Å². The molecule has 1 aromatic carbocycles. The molecule has 3 rings (SSSR count). The van der Waals surface area contributed by atoms with Gasteiger partial charge in [0.2, 0.25) is 0 Å². The molecule has 0 atom stereocenters. The van der Waals surface area contributed by atoms with E-state index in [0.717, 1.165) is 29.9 Å². The van der Waals surface area contributed by atoms with Crippen molar-refractivity contribution >= 4 is 29.3 Å². The number of aryl methyl sites for hydroxylation is 1. The minimum absolute atomic E-state index is 0.114. The van der Waals surface area contributed by atoms with Gasteiger partial charge in [0.15, 0.2) is 11.5 Å². The van der Waals surface area contributed by atoms with Gasteiger partial charge >= 0.3 is 0 Å². The average molecular weight is 430 g/mol. The predicted octanol–water partition coefficient (Wildman–Crippen LogP) is 3.63. The van der Waals surface area contributed by atoms with Crippen LogP contribution in [0.25, 0.3) is 0 Å². The molecule has 30 heavy (non-hydrogen) atoms. The van der Waals surface area contributed by atoms with E-state index in [9.17, 15) is 9.59 Å². The Bertz CT molecular complexity index is 911. The molecule has 1 aliphatic rings. The summed E-state index contributed by atoms with van der Waals surface area (Å²) in [5.41, 5.74) is 2.03. The molecule has 0 radical (unpaired) electrons. The van der Waals surface area contributed by atoms with E-state index < -0.39 is 5.91 Å². The van der Waals surface area contributed by atoms with Gasteiger partial charge in [-0.1, -0.05) is 6.07 Å². The zero-order valence-electron chi connectivity index (χ0n) is 17.7. The molecule has 1 fully saturated rings. The number of nitrogens with one attached hydrogen (secondary N) is 1. The smallest absolute Gasteiger partial charge is 0.274 e. The molecule has 2 amide bonds. The molecule has 0 aliphatic carbocycles. The number of benzene rings is 1. The van der Waals surface area contributed by atoms with Crippen molar-refractivity contribution in [3.63, 3.8) is 0 Å². The lowest BCUT2D eigenvalue weighted by molar-refractivity contribution is 0.0723. The molecule has 1 aliphatic heterocycles. The van der Waals surface area contributed by atoms with Crippen molar-refractivity contribution in [3.05, 3.63) is 47.3 Å². The number of hydrogen-bond donors (Lipinski definition) is 1. The number of pyridine rings is 1. The second-order valence-electron chi connectivity index (χ2n) is 7.19. The van der Waals surface area contributed by atoms with Crippen molar-refractivity contribution in [3.8, 4) is 11.5 Å². The summed E-state index contributed by atoms with van der Waals surface area (Å²) >= 11 is 1.91. The van der Waals surface area contributed by atoms with Gasteiger partial charge in [-0.15, -0.1) is 0 Å². The zero-order valence-corrected chi connectivity index (χ0v) is 18.5.